The van der Waals surface area contributed by atoms with Gasteiger partial charge >= 0.3 is 0 Å². The topological polar surface area (TPSA) is 63.9 Å². The molecule has 0 atom stereocenters. The summed E-state index contributed by atoms with van der Waals surface area (Å²) in [6, 6.07) is 13.4. The number of hydrogen-bond acceptors (Lipinski definition) is 4. The number of nitrogens with one attached hydrogen (secondary N) is 1. The highest BCUT2D eigenvalue weighted by atomic mass is 35.5. The summed E-state index contributed by atoms with van der Waals surface area (Å²) < 4.78 is 11.1. The molecule has 25 heavy (non-hydrogen) atoms. The maximum atomic E-state index is 6.29. The summed E-state index contributed by atoms with van der Waals surface area (Å²) >= 11 is 6.29. The third-order valence-corrected chi connectivity index (χ3v) is 4.07. The van der Waals surface area contributed by atoms with Gasteiger partial charge in [0, 0.05) is 28.2 Å². The quantitative estimate of drug-likeness (QED) is 0.539. The number of ether oxygens (including phenoxy) is 1. The number of nitrogens with zero attached hydrogens (tertiary/aromatic N) is 2. The van der Waals surface area contributed by atoms with Crippen LogP contribution >= 0.6 is 11.6 Å². The average Bonchev–Trinajstić information content (AvgIpc) is 3.24. The van der Waals surface area contributed by atoms with Crippen molar-refractivity contribution in [2.75, 3.05) is 0 Å². The van der Waals surface area contributed by atoms with E-state index < -0.39 is 0 Å². The maximum absolute atomic E-state index is 6.29. The van der Waals surface area contributed by atoms with E-state index >= 15 is 0 Å². The van der Waals surface area contributed by atoms with E-state index in [-0.39, 0.29) is 6.10 Å². The summed E-state index contributed by atoms with van der Waals surface area (Å²) in [4.78, 5) is 7.65. The lowest BCUT2D eigenvalue weighted by Gasteiger charge is -2.11. The molecule has 0 aliphatic rings. The first-order valence-corrected chi connectivity index (χ1v) is 8.36. The molecule has 0 bridgehead atoms. The van der Waals surface area contributed by atoms with Gasteiger partial charge in [-0.05, 0) is 56.3 Å². The summed E-state index contributed by atoms with van der Waals surface area (Å²) in [7, 11) is 0. The fraction of sp³-hybridized carbons (Fsp3) is 0.158. The van der Waals surface area contributed by atoms with Crippen LogP contribution in [0.2, 0.25) is 5.02 Å². The highest BCUT2D eigenvalue weighted by molar-refractivity contribution is 6.32. The van der Waals surface area contributed by atoms with E-state index in [4.69, 9.17) is 20.9 Å². The second-order valence-electron chi connectivity index (χ2n) is 6.01. The SMILES string of the molecule is CC(C)Oc1ccc(-c2noc(-c3ccc4[nH]ccc4c3)n2)cc1Cl. The lowest BCUT2D eigenvalue weighted by molar-refractivity contribution is 0.242. The van der Waals surface area contributed by atoms with Crippen LogP contribution in [0.1, 0.15) is 13.8 Å². The van der Waals surface area contributed by atoms with Crippen LogP contribution in [-0.2, 0) is 0 Å². The highest BCUT2D eigenvalue weighted by Gasteiger charge is 2.13. The van der Waals surface area contributed by atoms with E-state index in [1.807, 2.05) is 56.4 Å². The first kappa shape index (κ1) is 15.7. The minimum atomic E-state index is 0.0588. The molecule has 2 aromatic carbocycles. The smallest absolute Gasteiger partial charge is 0.258 e. The molecule has 0 amide bonds. The summed E-state index contributed by atoms with van der Waals surface area (Å²) in [6.45, 7) is 3.91. The summed E-state index contributed by atoms with van der Waals surface area (Å²) in [5.74, 6) is 1.60. The van der Waals surface area contributed by atoms with Crippen molar-refractivity contribution in [1.29, 1.82) is 0 Å². The Morgan fingerprint density at radius 2 is 1.92 bits per heavy atom. The number of aromatic amines is 1. The standard InChI is InChI=1S/C19H16ClN3O2/c1-11(2)24-17-6-4-13(10-15(17)20)18-22-19(25-23-18)14-3-5-16-12(9-14)7-8-21-16/h3-11,21H,1-2H3. The Kier molecular flexibility index (Phi) is 3.93. The van der Waals surface area contributed by atoms with Crippen molar-refractivity contribution in [3.05, 3.63) is 53.7 Å². The summed E-state index contributed by atoms with van der Waals surface area (Å²) in [5.41, 5.74) is 2.71. The summed E-state index contributed by atoms with van der Waals surface area (Å²) in [6.07, 6.45) is 1.96. The van der Waals surface area contributed by atoms with E-state index in [0.717, 1.165) is 22.0 Å². The van der Waals surface area contributed by atoms with Crippen LogP contribution in [-0.4, -0.2) is 21.2 Å². The van der Waals surface area contributed by atoms with Crippen molar-refractivity contribution in [2.24, 2.45) is 0 Å². The highest BCUT2D eigenvalue weighted by Crippen LogP contribution is 2.31. The lowest BCUT2D eigenvalue weighted by Crippen LogP contribution is -2.05. The molecule has 126 valence electrons. The average molecular weight is 354 g/mol. The number of H-pyrrole nitrogens is 1. The fourth-order valence-electron chi connectivity index (χ4n) is 2.63. The van der Waals surface area contributed by atoms with Crippen LogP contribution in [0.5, 0.6) is 5.75 Å². The Labute approximate surface area is 149 Å². The van der Waals surface area contributed by atoms with Crippen LogP contribution in [0.15, 0.2) is 53.2 Å². The predicted octanol–water partition coefficient (Wildman–Crippen LogP) is 5.33. The van der Waals surface area contributed by atoms with Gasteiger partial charge in [-0.2, -0.15) is 4.98 Å². The molecule has 0 saturated carbocycles. The fourth-order valence-corrected chi connectivity index (χ4v) is 2.86. The van der Waals surface area contributed by atoms with Gasteiger partial charge < -0.3 is 14.2 Å². The van der Waals surface area contributed by atoms with Gasteiger partial charge in [-0.3, -0.25) is 0 Å². The van der Waals surface area contributed by atoms with Gasteiger partial charge in [0.2, 0.25) is 5.82 Å². The number of hydrogen-bond donors (Lipinski definition) is 1. The second-order valence-corrected chi connectivity index (χ2v) is 6.42. The van der Waals surface area contributed by atoms with Gasteiger partial charge in [-0.25, -0.2) is 0 Å². The molecule has 6 heteroatoms. The van der Waals surface area contributed by atoms with E-state index in [1.54, 1.807) is 6.07 Å². The molecule has 5 nitrogen and oxygen atoms in total. The molecule has 0 aliphatic heterocycles. The zero-order chi connectivity index (χ0) is 17.4. The van der Waals surface area contributed by atoms with E-state index in [9.17, 15) is 0 Å². The number of halogens is 1. The first-order valence-electron chi connectivity index (χ1n) is 7.98. The van der Waals surface area contributed by atoms with E-state index in [1.165, 1.54) is 0 Å². The van der Waals surface area contributed by atoms with Gasteiger partial charge in [0.1, 0.15) is 5.75 Å². The predicted molar refractivity (Wildman–Crippen MR) is 97.8 cm³/mol. The molecule has 1 N–H and O–H groups in total. The molecule has 2 aromatic heterocycles. The van der Waals surface area contributed by atoms with Crippen molar-refractivity contribution >= 4 is 22.5 Å². The molecular weight excluding hydrogens is 338 g/mol. The Balaban J connectivity index is 1.65. The van der Waals surface area contributed by atoms with Crippen LogP contribution < -0.4 is 4.74 Å². The zero-order valence-electron chi connectivity index (χ0n) is 13.8. The van der Waals surface area contributed by atoms with Crippen LogP contribution in [0.25, 0.3) is 33.7 Å². The van der Waals surface area contributed by atoms with E-state index in [0.29, 0.717) is 22.5 Å². The minimum Gasteiger partial charge on any atom is -0.489 e. The normalized spacial score (nSPS) is 11.4. The minimum absolute atomic E-state index is 0.0588. The zero-order valence-corrected chi connectivity index (χ0v) is 14.5. The first-order chi connectivity index (χ1) is 12.1. The molecule has 0 unspecified atom stereocenters. The third kappa shape index (κ3) is 3.10. The largest absolute Gasteiger partial charge is 0.489 e. The van der Waals surface area contributed by atoms with Crippen molar-refractivity contribution in [3.8, 4) is 28.6 Å². The van der Waals surface area contributed by atoms with Gasteiger partial charge in [0.15, 0.2) is 0 Å². The molecule has 2 heterocycles. The van der Waals surface area contributed by atoms with Gasteiger partial charge in [0.05, 0.1) is 11.1 Å². The molecule has 0 aliphatic carbocycles. The van der Waals surface area contributed by atoms with Crippen molar-refractivity contribution in [2.45, 2.75) is 20.0 Å². The second kappa shape index (κ2) is 6.26. The molecular formula is C19H16ClN3O2. The third-order valence-electron chi connectivity index (χ3n) is 3.78. The molecule has 4 rings (SSSR count). The lowest BCUT2D eigenvalue weighted by atomic mass is 10.1. The Morgan fingerprint density at radius 3 is 2.72 bits per heavy atom. The van der Waals surface area contributed by atoms with Gasteiger partial charge in [0.25, 0.3) is 5.89 Å². The maximum Gasteiger partial charge on any atom is 0.258 e. The monoisotopic (exact) mass is 353 g/mol. The Morgan fingerprint density at radius 1 is 1.08 bits per heavy atom. The van der Waals surface area contributed by atoms with Crippen molar-refractivity contribution in [3.63, 3.8) is 0 Å². The number of rotatable bonds is 4. The summed E-state index contributed by atoms with van der Waals surface area (Å²) in [5, 5.41) is 5.68. The number of aromatic nitrogens is 3. The van der Waals surface area contributed by atoms with Crippen LogP contribution in [0.4, 0.5) is 0 Å². The van der Waals surface area contributed by atoms with Gasteiger partial charge in [-0.15, -0.1) is 0 Å². The Bertz CT molecular complexity index is 1040. The number of benzene rings is 2. The number of fused-ring (bicyclic) bond motifs is 1. The molecule has 4 aromatic rings. The van der Waals surface area contributed by atoms with Gasteiger partial charge in [-0.1, -0.05) is 16.8 Å². The molecule has 0 saturated heterocycles. The molecule has 0 spiro atoms. The van der Waals surface area contributed by atoms with E-state index in [2.05, 4.69) is 15.1 Å². The van der Waals surface area contributed by atoms with Crippen molar-refractivity contribution in [1.82, 2.24) is 15.1 Å². The Hall–Kier alpha value is -2.79. The van der Waals surface area contributed by atoms with Crippen LogP contribution in [0.3, 0.4) is 0 Å². The molecule has 0 radical (unpaired) electrons. The van der Waals surface area contributed by atoms with Crippen molar-refractivity contribution < 1.29 is 9.26 Å². The van der Waals surface area contributed by atoms with Crippen LogP contribution in [0, 0.1) is 0 Å². The molecule has 0 fully saturated rings.